The normalized spacial score (nSPS) is 10.4. The number of hydrogen-bond acceptors (Lipinski definition) is 3. The summed E-state index contributed by atoms with van der Waals surface area (Å²) in [5, 5.41) is 4.01. The van der Waals surface area contributed by atoms with Crippen molar-refractivity contribution < 1.29 is 0 Å². The minimum Gasteiger partial charge on any atom is -0.337 e. The van der Waals surface area contributed by atoms with Crippen LogP contribution in [0.5, 0.6) is 0 Å². The van der Waals surface area contributed by atoms with Crippen molar-refractivity contribution in [2.75, 3.05) is 0 Å². The molecule has 0 amide bonds. The van der Waals surface area contributed by atoms with E-state index in [-0.39, 0.29) is 0 Å². The Labute approximate surface area is 87.7 Å². The average Bonchev–Trinajstić information content (AvgIpc) is 2.58. The van der Waals surface area contributed by atoms with E-state index in [4.69, 9.17) is 23.8 Å². The van der Waals surface area contributed by atoms with Gasteiger partial charge in [-0.25, -0.2) is 0 Å². The molecule has 2 heterocycles. The fraction of sp³-hybridized carbons (Fsp3) is 0. The molecular formula is C7H4ClNS3. The quantitative estimate of drug-likeness (QED) is 0.731. The lowest BCUT2D eigenvalue weighted by Gasteiger charge is -1.86. The molecule has 0 fully saturated rings. The Hall–Kier alpha value is -0.160. The fourth-order valence-corrected chi connectivity index (χ4v) is 2.60. The molecule has 2 aromatic heterocycles. The molecular weight excluding hydrogens is 230 g/mol. The molecule has 2 aromatic rings. The summed E-state index contributed by atoms with van der Waals surface area (Å²) < 4.78 is 1.60. The molecule has 1 N–H and O–H groups in total. The Morgan fingerprint density at radius 1 is 1.33 bits per heavy atom. The minimum atomic E-state index is 0.798. The first-order valence-corrected chi connectivity index (χ1v) is 5.72. The first kappa shape index (κ1) is 8.44. The first-order chi connectivity index (χ1) is 5.75. The third kappa shape index (κ3) is 1.61. The largest absolute Gasteiger partial charge is 0.337 e. The van der Waals surface area contributed by atoms with Crippen LogP contribution >= 0.6 is 46.5 Å². The molecule has 1 nitrogen and oxygen atoms in total. The number of aromatic nitrogens is 1. The molecule has 0 saturated heterocycles. The van der Waals surface area contributed by atoms with E-state index in [0.29, 0.717) is 0 Å². The van der Waals surface area contributed by atoms with Crippen molar-refractivity contribution in [1.29, 1.82) is 0 Å². The Morgan fingerprint density at radius 2 is 2.17 bits per heavy atom. The number of nitrogens with one attached hydrogen (secondary N) is 1. The molecule has 5 heteroatoms. The highest BCUT2D eigenvalue weighted by Gasteiger charge is 2.01. The zero-order valence-corrected chi connectivity index (χ0v) is 9.04. The molecule has 0 radical (unpaired) electrons. The van der Waals surface area contributed by atoms with Crippen LogP contribution in [0, 0.1) is 3.95 Å². The van der Waals surface area contributed by atoms with E-state index < -0.39 is 0 Å². The Kier molecular flexibility index (Phi) is 2.32. The van der Waals surface area contributed by atoms with Crippen molar-refractivity contribution in [1.82, 2.24) is 4.98 Å². The summed E-state index contributed by atoms with van der Waals surface area (Å²) in [4.78, 5) is 3.09. The number of thiazole rings is 1. The molecule has 12 heavy (non-hydrogen) atoms. The Bertz CT molecular complexity index is 439. The summed E-state index contributed by atoms with van der Waals surface area (Å²) in [5.74, 6) is 0. The van der Waals surface area contributed by atoms with Gasteiger partial charge in [-0.1, -0.05) is 11.6 Å². The zero-order chi connectivity index (χ0) is 8.55. The third-order valence-electron chi connectivity index (χ3n) is 1.40. The smallest absolute Gasteiger partial charge is 0.158 e. The molecule has 0 bridgehead atoms. The summed E-state index contributed by atoms with van der Waals surface area (Å²) >= 11 is 13.8. The molecule has 62 valence electrons. The van der Waals surface area contributed by atoms with Gasteiger partial charge in [0.05, 0.1) is 10.0 Å². The summed E-state index contributed by atoms with van der Waals surface area (Å²) in [5.41, 5.74) is 2.16. The summed E-state index contributed by atoms with van der Waals surface area (Å²) in [7, 11) is 0. The van der Waals surface area contributed by atoms with Crippen LogP contribution in [0.2, 0.25) is 4.34 Å². The lowest BCUT2D eigenvalue weighted by atomic mass is 10.3. The molecule has 0 spiro atoms. The van der Waals surface area contributed by atoms with Crippen molar-refractivity contribution in [2.45, 2.75) is 0 Å². The topological polar surface area (TPSA) is 15.8 Å². The second-order valence-corrected chi connectivity index (χ2v) is 5.29. The monoisotopic (exact) mass is 233 g/mol. The molecule has 0 atom stereocenters. The standard InChI is InChI=1S/C7H4ClNS3/c8-6-1-4(2-11-6)5-3-12-7(10)9-5/h1-3H,(H,9,10). The van der Waals surface area contributed by atoms with Crippen molar-refractivity contribution in [3.05, 3.63) is 25.1 Å². The van der Waals surface area contributed by atoms with E-state index in [9.17, 15) is 0 Å². The third-order valence-corrected chi connectivity index (χ3v) is 3.55. The molecule has 0 aliphatic rings. The fourth-order valence-electron chi connectivity index (χ4n) is 0.873. The lowest BCUT2D eigenvalue weighted by molar-refractivity contribution is 1.40. The van der Waals surface area contributed by atoms with E-state index in [2.05, 4.69) is 4.98 Å². The van der Waals surface area contributed by atoms with Gasteiger partial charge in [0.15, 0.2) is 3.95 Å². The predicted molar refractivity (Wildman–Crippen MR) is 57.8 cm³/mol. The van der Waals surface area contributed by atoms with Crippen molar-refractivity contribution in [3.63, 3.8) is 0 Å². The number of thiophene rings is 1. The van der Waals surface area contributed by atoms with E-state index in [1.54, 1.807) is 0 Å². The van der Waals surface area contributed by atoms with Crippen LogP contribution in [-0.2, 0) is 0 Å². The van der Waals surface area contributed by atoms with E-state index in [0.717, 1.165) is 19.5 Å². The average molecular weight is 234 g/mol. The Morgan fingerprint density at radius 3 is 2.67 bits per heavy atom. The molecule has 0 aliphatic heterocycles. The van der Waals surface area contributed by atoms with Gasteiger partial charge in [-0.15, -0.1) is 22.7 Å². The lowest BCUT2D eigenvalue weighted by Crippen LogP contribution is -1.69. The molecule has 2 rings (SSSR count). The number of H-pyrrole nitrogens is 1. The van der Waals surface area contributed by atoms with E-state index in [1.165, 1.54) is 22.7 Å². The highest BCUT2D eigenvalue weighted by atomic mass is 35.5. The number of halogens is 1. The van der Waals surface area contributed by atoms with Crippen molar-refractivity contribution in [2.24, 2.45) is 0 Å². The summed E-state index contributed by atoms with van der Waals surface area (Å²) in [6.45, 7) is 0. The highest BCUT2D eigenvalue weighted by Crippen LogP contribution is 2.28. The predicted octanol–water partition coefficient (Wildman–Crippen LogP) is 4.19. The maximum Gasteiger partial charge on any atom is 0.158 e. The van der Waals surface area contributed by atoms with Gasteiger partial charge in [0, 0.05) is 16.3 Å². The number of aromatic amines is 1. The molecule has 0 aliphatic carbocycles. The van der Waals surface area contributed by atoms with Gasteiger partial charge in [-0.05, 0) is 18.3 Å². The van der Waals surface area contributed by atoms with Crippen LogP contribution < -0.4 is 0 Å². The number of hydrogen-bond donors (Lipinski definition) is 1. The first-order valence-electron chi connectivity index (χ1n) is 3.18. The van der Waals surface area contributed by atoms with Gasteiger partial charge in [0.25, 0.3) is 0 Å². The maximum absolute atomic E-state index is 5.80. The van der Waals surface area contributed by atoms with Gasteiger partial charge in [0.1, 0.15) is 0 Å². The molecule has 0 saturated carbocycles. The highest BCUT2D eigenvalue weighted by molar-refractivity contribution is 7.73. The Balaban J connectivity index is 2.50. The van der Waals surface area contributed by atoms with E-state index in [1.807, 2.05) is 16.8 Å². The zero-order valence-electron chi connectivity index (χ0n) is 5.83. The van der Waals surface area contributed by atoms with Crippen LogP contribution in [0.3, 0.4) is 0 Å². The number of rotatable bonds is 1. The summed E-state index contributed by atoms with van der Waals surface area (Å²) in [6, 6.07) is 1.93. The SMILES string of the molecule is S=c1[nH]c(-c2csc(Cl)c2)cs1. The van der Waals surface area contributed by atoms with Crippen LogP contribution in [0.1, 0.15) is 0 Å². The minimum absolute atomic E-state index is 0.798. The second-order valence-electron chi connectivity index (χ2n) is 2.20. The van der Waals surface area contributed by atoms with Crippen LogP contribution in [0.25, 0.3) is 11.3 Å². The maximum atomic E-state index is 5.80. The van der Waals surface area contributed by atoms with Gasteiger partial charge in [-0.2, -0.15) is 0 Å². The van der Waals surface area contributed by atoms with Crippen LogP contribution in [0.15, 0.2) is 16.8 Å². The second kappa shape index (κ2) is 3.30. The molecule has 0 unspecified atom stereocenters. The van der Waals surface area contributed by atoms with E-state index >= 15 is 0 Å². The summed E-state index contributed by atoms with van der Waals surface area (Å²) in [6.07, 6.45) is 0. The molecule has 0 aromatic carbocycles. The van der Waals surface area contributed by atoms with Gasteiger partial charge < -0.3 is 4.98 Å². The van der Waals surface area contributed by atoms with Gasteiger partial charge >= 0.3 is 0 Å². The van der Waals surface area contributed by atoms with Crippen molar-refractivity contribution >= 4 is 46.5 Å². The van der Waals surface area contributed by atoms with Crippen LogP contribution in [-0.4, -0.2) is 4.98 Å². The van der Waals surface area contributed by atoms with Gasteiger partial charge in [-0.3, -0.25) is 0 Å². The van der Waals surface area contributed by atoms with Crippen molar-refractivity contribution in [3.8, 4) is 11.3 Å². The van der Waals surface area contributed by atoms with Gasteiger partial charge in [0.2, 0.25) is 0 Å². The van der Waals surface area contributed by atoms with Crippen LogP contribution in [0.4, 0.5) is 0 Å².